The topological polar surface area (TPSA) is 87.2 Å². The SMILES string of the molecule is O=S(=O)([O-])Cc1ccccc1.[Na+].[Na+].[OH-]. The van der Waals surface area contributed by atoms with E-state index in [1.54, 1.807) is 30.3 Å². The molecule has 0 amide bonds. The molecule has 0 bridgehead atoms. The van der Waals surface area contributed by atoms with Crippen molar-refractivity contribution in [3.63, 3.8) is 0 Å². The summed E-state index contributed by atoms with van der Waals surface area (Å²) in [5, 5.41) is 0. The molecule has 0 aromatic heterocycles. The first-order valence-electron chi connectivity index (χ1n) is 3.05. The average Bonchev–Trinajstić information content (AvgIpc) is 1.85. The van der Waals surface area contributed by atoms with Crippen LogP contribution in [0.25, 0.3) is 0 Å². The Morgan fingerprint density at radius 1 is 1.07 bits per heavy atom. The summed E-state index contributed by atoms with van der Waals surface area (Å²) in [5.74, 6) is -0.423. The van der Waals surface area contributed by atoms with E-state index in [2.05, 4.69) is 0 Å². The van der Waals surface area contributed by atoms with Gasteiger partial charge in [-0.2, -0.15) is 0 Å². The van der Waals surface area contributed by atoms with Gasteiger partial charge < -0.3 is 10.0 Å². The van der Waals surface area contributed by atoms with Gasteiger partial charge in [0.05, 0.1) is 15.9 Å². The van der Waals surface area contributed by atoms with Crippen LogP contribution >= 0.6 is 0 Å². The summed E-state index contributed by atoms with van der Waals surface area (Å²) < 4.78 is 30.7. The second kappa shape index (κ2) is 9.33. The van der Waals surface area contributed by atoms with Gasteiger partial charge in [0.25, 0.3) is 0 Å². The molecule has 14 heavy (non-hydrogen) atoms. The molecule has 0 saturated carbocycles. The molecular weight excluding hydrogens is 226 g/mol. The van der Waals surface area contributed by atoms with E-state index >= 15 is 0 Å². The van der Waals surface area contributed by atoms with Gasteiger partial charge in [-0.3, -0.25) is 0 Å². The second-order valence-electron chi connectivity index (χ2n) is 2.19. The van der Waals surface area contributed by atoms with Crippen LogP contribution in [0.5, 0.6) is 0 Å². The van der Waals surface area contributed by atoms with Crippen LogP contribution in [0.3, 0.4) is 0 Å². The maximum Gasteiger partial charge on any atom is 1.00 e. The van der Waals surface area contributed by atoms with Gasteiger partial charge in [-0.1, -0.05) is 30.3 Å². The van der Waals surface area contributed by atoms with E-state index in [-0.39, 0.29) is 64.6 Å². The van der Waals surface area contributed by atoms with Crippen LogP contribution < -0.4 is 59.1 Å². The molecule has 68 valence electrons. The van der Waals surface area contributed by atoms with Crippen molar-refractivity contribution in [2.24, 2.45) is 0 Å². The molecule has 0 fully saturated rings. The van der Waals surface area contributed by atoms with Crippen molar-refractivity contribution in [2.75, 3.05) is 0 Å². The summed E-state index contributed by atoms with van der Waals surface area (Å²) >= 11 is 0. The molecule has 0 heterocycles. The number of rotatable bonds is 2. The van der Waals surface area contributed by atoms with Gasteiger partial charge in [0.1, 0.15) is 0 Å². The van der Waals surface area contributed by atoms with E-state index in [4.69, 9.17) is 0 Å². The Bertz CT molecular complexity index is 325. The van der Waals surface area contributed by atoms with Crippen LogP contribution in [-0.2, 0) is 15.9 Å². The van der Waals surface area contributed by atoms with Crippen LogP contribution in [0, 0.1) is 0 Å². The van der Waals surface area contributed by atoms with E-state index in [0.29, 0.717) is 5.56 Å². The van der Waals surface area contributed by atoms with Gasteiger partial charge in [0, 0.05) is 0 Å². The van der Waals surface area contributed by atoms with Gasteiger partial charge >= 0.3 is 59.1 Å². The van der Waals surface area contributed by atoms with Gasteiger partial charge in [-0.15, -0.1) is 0 Å². The first kappa shape index (κ1) is 20.5. The Labute approximate surface area is 128 Å². The predicted molar refractivity (Wildman–Crippen MR) is 41.8 cm³/mol. The minimum atomic E-state index is -4.13. The average molecular weight is 234 g/mol. The van der Waals surface area contributed by atoms with E-state index in [1.165, 1.54) is 0 Å². The molecular formula is C7H8Na2O4S. The van der Waals surface area contributed by atoms with Crippen LogP contribution in [0.1, 0.15) is 5.56 Å². The first-order chi connectivity index (χ1) is 5.08. The minimum Gasteiger partial charge on any atom is -0.870 e. The Balaban J connectivity index is -0.000000403. The molecule has 0 atom stereocenters. The molecule has 1 aromatic carbocycles. The normalized spacial score (nSPS) is 8.93. The molecule has 1 N–H and O–H groups in total. The fourth-order valence-electron chi connectivity index (χ4n) is 0.778. The van der Waals surface area contributed by atoms with Crippen molar-refractivity contribution < 1.29 is 77.6 Å². The molecule has 0 saturated heterocycles. The summed E-state index contributed by atoms with van der Waals surface area (Å²) in [6.45, 7) is 0. The molecule has 7 heteroatoms. The standard InChI is InChI=1S/C7H8O3S.2Na.H2O/c8-11(9,10)6-7-4-2-1-3-5-7;;;/h1-5H,6H2,(H,8,9,10);;;1H2/q;2*+1;/p-2. The zero-order valence-electron chi connectivity index (χ0n) is 8.17. The molecule has 1 rings (SSSR count). The second-order valence-corrected chi connectivity index (χ2v) is 3.59. The Hall–Kier alpha value is 1.09. The van der Waals surface area contributed by atoms with Gasteiger partial charge in [-0.05, 0) is 5.56 Å². The Kier molecular flexibility index (Phi) is 13.7. The quantitative estimate of drug-likeness (QED) is 0.377. The van der Waals surface area contributed by atoms with Crippen LogP contribution in [0.4, 0.5) is 0 Å². The predicted octanol–water partition coefficient (Wildman–Crippen LogP) is -5.44. The third-order valence-corrected chi connectivity index (χ3v) is 1.87. The van der Waals surface area contributed by atoms with Crippen LogP contribution in [0.2, 0.25) is 0 Å². The largest absolute Gasteiger partial charge is 1.00 e. The zero-order valence-corrected chi connectivity index (χ0v) is 13.0. The van der Waals surface area contributed by atoms with Crippen molar-refractivity contribution in [1.82, 2.24) is 0 Å². The Morgan fingerprint density at radius 2 is 1.50 bits per heavy atom. The summed E-state index contributed by atoms with van der Waals surface area (Å²) in [6, 6.07) is 8.37. The van der Waals surface area contributed by atoms with Crippen molar-refractivity contribution in [3.05, 3.63) is 35.9 Å². The van der Waals surface area contributed by atoms with Crippen LogP contribution in [0.15, 0.2) is 30.3 Å². The van der Waals surface area contributed by atoms with E-state index in [0.717, 1.165) is 0 Å². The van der Waals surface area contributed by atoms with Crippen molar-refractivity contribution in [2.45, 2.75) is 5.75 Å². The molecule has 1 aromatic rings. The van der Waals surface area contributed by atoms with Crippen molar-refractivity contribution in [3.8, 4) is 0 Å². The third-order valence-electron chi connectivity index (χ3n) is 1.19. The third kappa shape index (κ3) is 9.64. The molecule has 0 aliphatic rings. The number of hydrogen-bond acceptors (Lipinski definition) is 4. The van der Waals surface area contributed by atoms with Gasteiger partial charge in [-0.25, -0.2) is 8.42 Å². The molecule has 0 radical (unpaired) electrons. The van der Waals surface area contributed by atoms with E-state index < -0.39 is 15.9 Å². The van der Waals surface area contributed by atoms with E-state index in [1.807, 2.05) is 0 Å². The molecule has 0 aliphatic heterocycles. The zero-order chi connectivity index (χ0) is 8.32. The smallest absolute Gasteiger partial charge is 0.870 e. The van der Waals surface area contributed by atoms with Gasteiger partial charge in [0.2, 0.25) is 0 Å². The number of hydrogen-bond donors (Lipinski definition) is 0. The van der Waals surface area contributed by atoms with Crippen molar-refractivity contribution in [1.29, 1.82) is 0 Å². The molecule has 4 nitrogen and oxygen atoms in total. The summed E-state index contributed by atoms with van der Waals surface area (Å²) in [7, 11) is -4.13. The summed E-state index contributed by atoms with van der Waals surface area (Å²) in [6.07, 6.45) is 0. The van der Waals surface area contributed by atoms with Crippen molar-refractivity contribution >= 4 is 10.1 Å². The molecule has 0 spiro atoms. The van der Waals surface area contributed by atoms with Gasteiger partial charge in [0.15, 0.2) is 0 Å². The number of benzene rings is 1. The minimum absolute atomic E-state index is 0. The summed E-state index contributed by atoms with van der Waals surface area (Å²) in [4.78, 5) is 0. The molecule has 0 unspecified atom stereocenters. The first-order valence-corrected chi connectivity index (χ1v) is 4.63. The van der Waals surface area contributed by atoms with Crippen LogP contribution in [-0.4, -0.2) is 18.4 Å². The maximum atomic E-state index is 10.2. The fourth-order valence-corrected chi connectivity index (χ4v) is 1.38. The fraction of sp³-hybridized carbons (Fsp3) is 0.143. The molecule has 0 aliphatic carbocycles. The van der Waals surface area contributed by atoms with E-state index in [9.17, 15) is 13.0 Å². The monoisotopic (exact) mass is 234 g/mol. The summed E-state index contributed by atoms with van der Waals surface area (Å²) in [5.41, 5.74) is 0.530. The Morgan fingerprint density at radius 3 is 1.86 bits per heavy atom. The maximum absolute atomic E-state index is 10.2.